The third kappa shape index (κ3) is 14.7. The van der Waals surface area contributed by atoms with Gasteiger partial charge in [-0.3, -0.25) is 9.59 Å². The number of unbranched alkanes of at least 4 members (excludes halogenated alkanes) is 4. The molecule has 0 amide bonds. The smallest absolute Gasteiger partial charge is 0.302 e. The van der Waals surface area contributed by atoms with E-state index in [2.05, 4.69) is 12.2 Å². The first-order chi connectivity index (χ1) is 8.63. The van der Waals surface area contributed by atoms with Crippen LogP contribution >= 0.6 is 0 Å². The number of allylic oxidation sites excluding steroid dienone is 2. The van der Waals surface area contributed by atoms with Gasteiger partial charge in [0, 0.05) is 13.8 Å². The van der Waals surface area contributed by atoms with Gasteiger partial charge >= 0.3 is 11.9 Å². The highest BCUT2D eigenvalue weighted by atomic mass is 16.5. The Morgan fingerprint density at radius 2 is 1.17 bits per heavy atom. The van der Waals surface area contributed by atoms with E-state index >= 15 is 0 Å². The molecule has 4 heteroatoms. The van der Waals surface area contributed by atoms with Crippen molar-refractivity contribution in [3.63, 3.8) is 0 Å². The molecule has 0 saturated heterocycles. The van der Waals surface area contributed by atoms with E-state index in [4.69, 9.17) is 9.47 Å². The molecule has 0 atom stereocenters. The van der Waals surface area contributed by atoms with Crippen LogP contribution in [0.2, 0.25) is 0 Å². The second kappa shape index (κ2) is 12.1. The van der Waals surface area contributed by atoms with Crippen molar-refractivity contribution in [3.05, 3.63) is 12.2 Å². The van der Waals surface area contributed by atoms with Crippen molar-refractivity contribution >= 4 is 11.9 Å². The fraction of sp³-hybridized carbons (Fsp3) is 0.714. The van der Waals surface area contributed by atoms with Crippen LogP contribution in [0.5, 0.6) is 0 Å². The summed E-state index contributed by atoms with van der Waals surface area (Å²) in [7, 11) is 0. The van der Waals surface area contributed by atoms with Crippen molar-refractivity contribution in [1.29, 1.82) is 0 Å². The lowest BCUT2D eigenvalue weighted by Gasteiger charge is -2.00. The molecule has 0 aliphatic carbocycles. The second-order valence-electron chi connectivity index (χ2n) is 4.14. The number of ether oxygens (including phenoxy) is 2. The Kier molecular flexibility index (Phi) is 11.3. The maximum absolute atomic E-state index is 10.5. The Morgan fingerprint density at radius 1 is 0.778 bits per heavy atom. The number of esters is 2. The minimum atomic E-state index is -0.210. The minimum Gasteiger partial charge on any atom is -0.466 e. The molecule has 0 fully saturated rings. The summed E-state index contributed by atoms with van der Waals surface area (Å²) >= 11 is 0. The number of carbonyl (C=O) groups excluding carboxylic acids is 2. The van der Waals surface area contributed by atoms with Crippen LogP contribution in [0, 0.1) is 0 Å². The molecule has 0 heterocycles. The van der Waals surface area contributed by atoms with Crippen LogP contribution in [0.15, 0.2) is 12.2 Å². The Balaban J connectivity index is 3.14. The van der Waals surface area contributed by atoms with Crippen molar-refractivity contribution in [3.8, 4) is 0 Å². The topological polar surface area (TPSA) is 52.6 Å². The summed E-state index contributed by atoms with van der Waals surface area (Å²) in [6.07, 6.45) is 10.2. The van der Waals surface area contributed by atoms with Gasteiger partial charge in [0.05, 0.1) is 13.2 Å². The third-order valence-corrected chi connectivity index (χ3v) is 2.31. The van der Waals surface area contributed by atoms with Gasteiger partial charge in [0.1, 0.15) is 0 Å². The summed E-state index contributed by atoms with van der Waals surface area (Å²) in [6.45, 7) is 3.89. The molecule has 0 aromatic carbocycles. The van der Waals surface area contributed by atoms with E-state index in [1.807, 2.05) is 0 Å². The number of carbonyl (C=O) groups is 2. The second-order valence-corrected chi connectivity index (χ2v) is 4.14. The molecule has 18 heavy (non-hydrogen) atoms. The first-order valence-corrected chi connectivity index (χ1v) is 6.54. The summed E-state index contributed by atoms with van der Waals surface area (Å²) < 4.78 is 9.66. The Bertz CT molecular complexity index is 233. The van der Waals surface area contributed by atoms with E-state index in [-0.39, 0.29) is 11.9 Å². The van der Waals surface area contributed by atoms with Gasteiger partial charge in [-0.2, -0.15) is 0 Å². The molecule has 4 nitrogen and oxygen atoms in total. The largest absolute Gasteiger partial charge is 0.466 e. The summed E-state index contributed by atoms with van der Waals surface area (Å²) in [4.78, 5) is 21.0. The van der Waals surface area contributed by atoms with E-state index in [1.165, 1.54) is 13.8 Å². The van der Waals surface area contributed by atoms with Gasteiger partial charge in [-0.25, -0.2) is 0 Å². The predicted octanol–water partition coefficient (Wildman–Crippen LogP) is 3.01. The molecule has 0 unspecified atom stereocenters. The summed E-state index contributed by atoms with van der Waals surface area (Å²) in [5, 5.41) is 0. The van der Waals surface area contributed by atoms with E-state index in [0.29, 0.717) is 13.2 Å². The molecule has 0 rings (SSSR count). The van der Waals surface area contributed by atoms with Gasteiger partial charge in [-0.05, 0) is 38.5 Å². The highest BCUT2D eigenvalue weighted by Gasteiger charge is 1.92. The van der Waals surface area contributed by atoms with Crippen molar-refractivity contribution in [1.82, 2.24) is 0 Å². The molecule has 0 radical (unpaired) electrons. The molecule has 0 N–H and O–H groups in total. The van der Waals surface area contributed by atoms with E-state index in [9.17, 15) is 9.59 Å². The Morgan fingerprint density at radius 3 is 1.50 bits per heavy atom. The van der Waals surface area contributed by atoms with Crippen molar-refractivity contribution < 1.29 is 19.1 Å². The maximum Gasteiger partial charge on any atom is 0.302 e. The zero-order valence-electron chi connectivity index (χ0n) is 11.4. The first-order valence-electron chi connectivity index (χ1n) is 6.54. The molecule has 0 aromatic rings. The average Bonchev–Trinajstić information content (AvgIpc) is 2.29. The van der Waals surface area contributed by atoms with Crippen LogP contribution < -0.4 is 0 Å². The maximum atomic E-state index is 10.5. The summed E-state index contributed by atoms with van der Waals surface area (Å²) in [5.41, 5.74) is 0. The van der Waals surface area contributed by atoms with Crippen LogP contribution in [0.3, 0.4) is 0 Å². The normalized spacial score (nSPS) is 10.6. The molecular formula is C14H24O4. The molecule has 0 aliphatic heterocycles. The summed E-state index contributed by atoms with van der Waals surface area (Å²) in [5.74, 6) is -0.420. The SMILES string of the molecule is CC(=O)OCCCC/C=C\CCCCOC(C)=O. The van der Waals surface area contributed by atoms with Crippen LogP contribution in [0.25, 0.3) is 0 Å². The molecular weight excluding hydrogens is 232 g/mol. The number of hydrogen-bond donors (Lipinski definition) is 0. The van der Waals surface area contributed by atoms with Crippen LogP contribution in [-0.2, 0) is 19.1 Å². The Labute approximate surface area is 109 Å². The third-order valence-electron chi connectivity index (χ3n) is 2.31. The van der Waals surface area contributed by atoms with Gasteiger partial charge in [0.25, 0.3) is 0 Å². The quantitative estimate of drug-likeness (QED) is 0.342. The van der Waals surface area contributed by atoms with Gasteiger partial charge in [-0.15, -0.1) is 0 Å². The highest BCUT2D eigenvalue weighted by Crippen LogP contribution is 2.01. The van der Waals surface area contributed by atoms with E-state index in [0.717, 1.165) is 38.5 Å². The molecule has 0 aromatic heterocycles. The summed E-state index contributed by atoms with van der Waals surface area (Å²) in [6, 6.07) is 0. The van der Waals surface area contributed by atoms with Crippen LogP contribution in [0.1, 0.15) is 52.4 Å². The zero-order valence-corrected chi connectivity index (χ0v) is 11.4. The van der Waals surface area contributed by atoms with Gasteiger partial charge < -0.3 is 9.47 Å². The van der Waals surface area contributed by atoms with Crippen LogP contribution in [-0.4, -0.2) is 25.2 Å². The van der Waals surface area contributed by atoms with Crippen LogP contribution in [0.4, 0.5) is 0 Å². The zero-order chi connectivity index (χ0) is 13.6. The lowest BCUT2D eigenvalue weighted by molar-refractivity contribution is -0.142. The molecule has 0 bridgehead atoms. The lowest BCUT2D eigenvalue weighted by atomic mass is 10.2. The van der Waals surface area contributed by atoms with Crippen molar-refractivity contribution in [2.45, 2.75) is 52.4 Å². The standard InChI is InChI=1S/C14H24O4/c1-13(15)17-11-9-7-5-3-4-6-8-10-12-18-14(2)16/h3-4H,5-12H2,1-2H3/b4-3-. The fourth-order valence-electron chi connectivity index (χ4n) is 1.40. The first kappa shape index (κ1) is 16.7. The predicted molar refractivity (Wildman–Crippen MR) is 70.1 cm³/mol. The molecule has 0 saturated carbocycles. The molecule has 104 valence electrons. The monoisotopic (exact) mass is 256 g/mol. The van der Waals surface area contributed by atoms with Crippen molar-refractivity contribution in [2.75, 3.05) is 13.2 Å². The van der Waals surface area contributed by atoms with E-state index in [1.54, 1.807) is 0 Å². The fourth-order valence-corrected chi connectivity index (χ4v) is 1.40. The Hall–Kier alpha value is -1.32. The van der Waals surface area contributed by atoms with Crippen molar-refractivity contribution in [2.24, 2.45) is 0 Å². The molecule has 0 spiro atoms. The van der Waals surface area contributed by atoms with Gasteiger partial charge in [0.15, 0.2) is 0 Å². The average molecular weight is 256 g/mol. The van der Waals surface area contributed by atoms with Gasteiger partial charge in [-0.1, -0.05) is 12.2 Å². The number of rotatable bonds is 10. The lowest BCUT2D eigenvalue weighted by Crippen LogP contribution is -2.00. The number of hydrogen-bond acceptors (Lipinski definition) is 4. The minimum absolute atomic E-state index is 0.210. The van der Waals surface area contributed by atoms with Gasteiger partial charge in [0.2, 0.25) is 0 Å². The highest BCUT2D eigenvalue weighted by molar-refractivity contribution is 5.66. The van der Waals surface area contributed by atoms with E-state index < -0.39 is 0 Å². The molecule has 0 aliphatic rings.